The number of hydrogen-bond acceptors (Lipinski definition) is 2. The van der Waals surface area contributed by atoms with Crippen LogP contribution < -0.4 is 0 Å². The molecule has 0 spiro atoms. The van der Waals surface area contributed by atoms with Gasteiger partial charge in [0.15, 0.2) is 22.2 Å². The molecule has 0 rings (SSSR count). The van der Waals surface area contributed by atoms with E-state index in [0.717, 1.165) is 51.4 Å². The first-order valence-electron chi connectivity index (χ1n) is 8.22. The molecule has 0 saturated carbocycles. The Hall–Kier alpha value is 0.220. The summed E-state index contributed by atoms with van der Waals surface area (Å²) in [5, 5.41) is -0.733. The maximum absolute atomic E-state index is 11.4. The number of hydrogen-bond donors (Lipinski definition) is 2. The van der Waals surface area contributed by atoms with Gasteiger partial charge in [-0.2, -0.15) is 0 Å². The lowest BCUT2D eigenvalue weighted by Crippen LogP contribution is -2.25. The second-order valence-electron chi connectivity index (χ2n) is 5.73. The Morgan fingerprint density at radius 3 is 1.38 bits per heavy atom. The van der Waals surface area contributed by atoms with E-state index in [-0.39, 0.29) is 10.5 Å². The molecule has 0 aliphatic heterocycles. The van der Waals surface area contributed by atoms with Gasteiger partial charge in [-0.3, -0.25) is 0 Å². The minimum absolute atomic E-state index is 0.367. The molecule has 0 aliphatic carbocycles. The SMILES string of the molecule is CCCCCCC(CC(CCCCCC)S(=O)O)S(=O)O. The van der Waals surface area contributed by atoms with E-state index in [1.807, 2.05) is 0 Å². The summed E-state index contributed by atoms with van der Waals surface area (Å²) in [6.45, 7) is 4.26. The zero-order valence-electron chi connectivity index (χ0n) is 13.5. The van der Waals surface area contributed by atoms with Crippen LogP contribution in [-0.4, -0.2) is 28.0 Å². The fraction of sp³-hybridized carbons (Fsp3) is 1.00. The largest absolute Gasteiger partial charge is 0.306 e. The third-order valence-electron chi connectivity index (χ3n) is 3.86. The fourth-order valence-corrected chi connectivity index (χ4v) is 4.15. The van der Waals surface area contributed by atoms with Crippen LogP contribution in [0.25, 0.3) is 0 Å². The maximum Gasteiger partial charge on any atom is 0.156 e. The van der Waals surface area contributed by atoms with E-state index in [0.29, 0.717) is 19.3 Å². The zero-order valence-corrected chi connectivity index (χ0v) is 15.1. The van der Waals surface area contributed by atoms with Crippen LogP contribution in [0.2, 0.25) is 0 Å². The Kier molecular flexibility index (Phi) is 14.0. The van der Waals surface area contributed by atoms with Crippen LogP contribution in [0.1, 0.15) is 84.5 Å². The Balaban J connectivity index is 4.25. The van der Waals surface area contributed by atoms with Crippen LogP contribution in [0.4, 0.5) is 0 Å². The van der Waals surface area contributed by atoms with Gasteiger partial charge in [-0.05, 0) is 19.3 Å². The van der Waals surface area contributed by atoms with Crippen LogP contribution in [0.5, 0.6) is 0 Å². The van der Waals surface area contributed by atoms with Gasteiger partial charge in [-0.25, -0.2) is 8.42 Å². The Morgan fingerprint density at radius 1 is 0.714 bits per heavy atom. The van der Waals surface area contributed by atoms with Gasteiger partial charge in [0.25, 0.3) is 0 Å². The minimum atomic E-state index is -1.90. The summed E-state index contributed by atoms with van der Waals surface area (Å²) in [6, 6.07) is 0. The van der Waals surface area contributed by atoms with E-state index >= 15 is 0 Å². The van der Waals surface area contributed by atoms with Crippen molar-refractivity contribution in [2.45, 2.75) is 95.0 Å². The molecular formula is C15H32O4S2. The lowest BCUT2D eigenvalue weighted by molar-refractivity contribution is 0.483. The minimum Gasteiger partial charge on any atom is -0.306 e. The molecule has 0 aromatic heterocycles. The summed E-state index contributed by atoms with van der Waals surface area (Å²) in [6.07, 6.45) is 10.2. The summed E-state index contributed by atoms with van der Waals surface area (Å²) < 4.78 is 41.7. The highest BCUT2D eigenvalue weighted by molar-refractivity contribution is 7.80. The number of unbranched alkanes of at least 4 members (excludes halogenated alkanes) is 6. The van der Waals surface area contributed by atoms with E-state index in [2.05, 4.69) is 13.8 Å². The summed E-state index contributed by atoms with van der Waals surface area (Å²) >= 11 is -3.80. The van der Waals surface area contributed by atoms with Crippen LogP contribution in [0, 0.1) is 0 Å². The second-order valence-corrected chi connectivity index (χ2v) is 8.17. The van der Waals surface area contributed by atoms with Crippen molar-refractivity contribution in [3.8, 4) is 0 Å². The van der Waals surface area contributed by atoms with E-state index in [1.165, 1.54) is 0 Å². The molecule has 0 aliphatic rings. The third-order valence-corrected chi connectivity index (χ3v) is 5.85. The van der Waals surface area contributed by atoms with Crippen molar-refractivity contribution in [1.29, 1.82) is 0 Å². The number of rotatable bonds is 14. The highest BCUT2D eigenvalue weighted by Crippen LogP contribution is 2.20. The molecule has 0 amide bonds. The van der Waals surface area contributed by atoms with E-state index in [4.69, 9.17) is 0 Å². The van der Waals surface area contributed by atoms with Gasteiger partial charge < -0.3 is 9.11 Å². The quantitative estimate of drug-likeness (QED) is 0.361. The summed E-state index contributed by atoms with van der Waals surface area (Å²) in [4.78, 5) is 0. The van der Waals surface area contributed by atoms with Gasteiger partial charge in [0.05, 0.1) is 10.5 Å². The Labute approximate surface area is 135 Å². The average Bonchev–Trinajstić information content (AvgIpc) is 2.44. The van der Waals surface area contributed by atoms with E-state index in [1.54, 1.807) is 0 Å². The highest BCUT2D eigenvalue weighted by atomic mass is 32.2. The summed E-state index contributed by atoms with van der Waals surface area (Å²) in [7, 11) is 0. The van der Waals surface area contributed by atoms with Crippen molar-refractivity contribution < 1.29 is 17.5 Å². The first-order chi connectivity index (χ1) is 10.0. The first-order valence-corrected chi connectivity index (χ1v) is 10.6. The molecule has 4 atom stereocenters. The summed E-state index contributed by atoms with van der Waals surface area (Å²) in [5.41, 5.74) is 0. The van der Waals surface area contributed by atoms with Gasteiger partial charge in [0, 0.05) is 0 Å². The fourth-order valence-electron chi connectivity index (χ4n) is 2.49. The lowest BCUT2D eigenvalue weighted by Gasteiger charge is -2.19. The molecule has 4 unspecified atom stereocenters. The molecule has 0 fully saturated rings. The normalized spacial score (nSPS) is 17.3. The van der Waals surface area contributed by atoms with Gasteiger partial charge in [0.1, 0.15) is 0 Å². The Bertz CT molecular complexity index is 269. The third kappa shape index (κ3) is 11.4. The molecule has 0 saturated heterocycles. The molecule has 21 heavy (non-hydrogen) atoms. The standard InChI is InChI=1S/C15H32O4S2/c1-3-5-7-9-11-14(20(16)17)13-15(21(18)19)12-10-8-6-4-2/h14-15H,3-13H2,1-2H3,(H,16,17)(H,18,19). The maximum atomic E-state index is 11.4. The van der Waals surface area contributed by atoms with Gasteiger partial charge in [-0.1, -0.05) is 65.2 Å². The van der Waals surface area contributed by atoms with Crippen molar-refractivity contribution >= 4 is 22.2 Å². The summed E-state index contributed by atoms with van der Waals surface area (Å²) in [5.74, 6) is 0. The Morgan fingerprint density at radius 2 is 1.10 bits per heavy atom. The molecule has 4 nitrogen and oxygen atoms in total. The van der Waals surface area contributed by atoms with Crippen LogP contribution in [0.15, 0.2) is 0 Å². The molecule has 0 heterocycles. The van der Waals surface area contributed by atoms with Crippen molar-refractivity contribution in [2.24, 2.45) is 0 Å². The molecule has 2 N–H and O–H groups in total. The van der Waals surface area contributed by atoms with E-state index in [9.17, 15) is 17.5 Å². The molecule has 6 heteroatoms. The van der Waals surface area contributed by atoms with Gasteiger partial charge >= 0.3 is 0 Å². The molecular weight excluding hydrogens is 308 g/mol. The molecule has 0 aromatic rings. The first kappa shape index (κ1) is 21.2. The average molecular weight is 341 g/mol. The van der Waals surface area contributed by atoms with Crippen LogP contribution in [-0.2, 0) is 22.2 Å². The van der Waals surface area contributed by atoms with Crippen molar-refractivity contribution in [3.63, 3.8) is 0 Å². The zero-order chi connectivity index (χ0) is 16.1. The molecule has 0 bridgehead atoms. The van der Waals surface area contributed by atoms with Gasteiger partial charge in [-0.15, -0.1) is 0 Å². The predicted molar refractivity (Wildman–Crippen MR) is 91.3 cm³/mol. The van der Waals surface area contributed by atoms with E-state index < -0.39 is 22.2 Å². The monoisotopic (exact) mass is 340 g/mol. The van der Waals surface area contributed by atoms with Crippen molar-refractivity contribution in [1.82, 2.24) is 0 Å². The van der Waals surface area contributed by atoms with Crippen LogP contribution >= 0.6 is 0 Å². The predicted octanol–water partition coefficient (Wildman–Crippen LogP) is 4.50. The highest BCUT2D eigenvalue weighted by Gasteiger charge is 2.24. The van der Waals surface area contributed by atoms with Crippen LogP contribution in [0.3, 0.4) is 0 Å². The lowest BCUT2D eigenvalue weighted by atomic mass is 10.0. The smallest absolute Gasteiger partial charge is 0.156 e. The molecule has 128 valence electrons. The molecule has 0 radical (unpaired) electrons. The van der Waals surface area contributed by atoms with Crippen molar-refractivity contribution in [2.75, 3.05) is 0 Å². The van der Waals surface area contributed by atoms with Crippen molar-refractivity contribution in [3.05, 3.63) is 0 Å². The second kappa shape index (κ2) is 13.9. The van der Waals surface area contributed by atoms with Gasteiger partial charge in [0.2, 0.25) is 0 Å². The topological polar surface area (TPSA) is 74.6 Å². The molecule has 0 aromatic carbocycles.